The summed E-state index contributed by atoms with van der Waals surface area (Å²) >= 11 is 1.39. The highest BCUT2D eigenvalue weighted by molar-refractivity contribution is 7.13. The van der Waals surface area contributed by atoms with E-state index in [2.05, 4.69) is 10.3 Å². The van der Waals surface area contributed by atoms with Crippen LogP contribution in [0.5, 0.6) is 17.2 Å². The Kier molecular flexibility index (Phi) is 6.49. The number of methoxy groups -OCH3 is 3. The van der Waals surface area contributed by atoms with Crippen molar-refractivity contribution in [3.63, 3.8) is 0 Å². The summed E-state index contributed by atoms with van der Waals surface area (Å²) in [5.74, 6) is 1.85. The van der Waals surface area contributed by atoms with Gasteiger partial charge in [-0.15, -0.1) is 11.3 Å². The van der Waals surface area contributed by atoms with Gasteiger partial charge in [-0.1, -0.05) is 18.2 Å². The van der Waals surface area contributed by atoms with Gasteiger partial charge in [-0.05, 0) is 36.2 Å². The number of amides is 1. The van der Waals surface area contributed by atoms with Crippen LogP contribution in [-0.4, -0.2) is 38.8 Å². The SMILES string of the molecule is COc1ccc(CCNC(=O)c2csc(-c3cccc(OC)c3OC)n2)cc1. The molecule has 3 rings (SSSR count). The summed E-state index contributed by atoms with van der Waals surface area (Å²) in [6, 6.07) is 13.4. The molecular weight excluding hydrogens is 376 g/mol. The lowest BCUT2D eigenvalue weighted by Crippen LogP contribution is -2.25. The zero-order valence-corrected chi connectivity index (χ0v) is 16.8. The number of hydrogen-bond donors (Lipinski definition) is 1. The van der Waals surface area contributed by atoms with E-state index in [1.807, 2.05) is 42.5 Å². The molecule has 0 spiro atoms. The predicted molar refractivity (Wildman–Crippen MR) is 110 cm³/mol. The lowest BCUT2D eigenvalue weighted by atomic mass is 10.1. The molecule has 1 amide bonds. The smallest absolute Gasteiger partial charge is 0.270 e. The Morgan fingerprint density at radius 1 is 1.04 bits per heavy atom. The summed E-state index contributed by atoms with van der Waals surface area (Å²) in [4.78, 5) is 16.9. The molecule has 0 aliphatic rings. The fraction of sp³-hybridized carbons (Fsp3) is 0.238. The van der Waals surface area contributed by atoms with Crippen LogP contribution in [0.2, 0.25) is 0 Å². The molecule has 0 saturated heterocycles. The quantitative estimate of drug-likeness (QED) is 0.625. The second-order valence-electron chi connectivity index (χ2n) is 5.93. The van der Waals surface area contributed by atoms with Crippen LogP contribution in [0.15, 0.2) is 47.8 Å². The van der Waals surface area contributed by atoms with E-state index >= 15 is 0 Å². The van der Waals surface area contributed by atoms with Gasteiger partial charge in [0.25, 0.3) is 5.91 Å². The van der Waals surface area contributed by atoms with Crippen molar-refractivity contribution < 1.29 is 19.0 Å². The Hall–Kier alpha value is -3.06. The number of nitrogens with zero attached hydrogens (tertiary/aromatic N) is 1. The van der Waals surface area contributed by atoms with Crippen LogP contribution in [-0.2, 0) is 6.42 Å². The third-order valence-corrected chi connectivity index (χ3v) is 5.10. The molecule has 0 bridgehead atoms. The highest BCUT2D eigenvalue weighted by Gasteiger charge is 2.17. The Morgan fingerprint density at radius 2 is 1.82 bits per heavy atom. The van der Waals surface area contributed by atoms with E-state index in [0.717, 1.165) is 23.3 Å². The number of ether oxygens (including phenoxy) is 3. The van der Waals surface area contributed by atoms with E-state index < -0.39 is 0 Å². The molecule has 1 aromatic heterocycles. The first-order valence-corrected chi connectivity index (χ1v) is 9.62. The summed E-state index contributed by atoms with van der Waals surface area (Å²) in [7, 11) is 4.81. The van der Waals surface area contributed by atoms with Crippen LogP contribution >= 0.6 is 11.3 Å². The molecule has 146 valence electrons. The molecule has 6 nitrogen and oxygen atoms in total. The third-order valence-electron chi connectivity index (χ3n) is 4.23. The Bertz CT molecular complexity index is 938. The second-order valence-corrected chi connectivity index (χ2v) is 6.79. The zero-order chi connectivity index (χ0) is 19.9. The second kappa shape index (κ2) is 9.23. The first-order valence-electron chi connectivity index (χ1n) is 8.74. The van der Waals surface area contributed by atoms with E-state index in [-0.39, 0.29) is 5.91 Å². The maximum atomic E-state index is 12.4. The largest absolute Gasteiger partial charge is 0.497 e. The van der Waals surface area contributed by atoms with Gasteiger partial charge in [-0.3, -0.25) is 4.79 Å². The van der Waals surface area contributed by atoms with Crippen molar-refractivity contribution in [1.82, 2.24) is 10.3 Å². The predicted octanol–water partition coefficient (Wildman–Crippen LogP) is 3.81. The zero-order valence-electron chi connectivity index (χ0n) is 16.0. The first kappa shape index (κ1) is 19.7. The van der Waals surface area contributed by atoms with Crippen LogP contribution in [0.3, 0.4) is 0 Å². The number of nitrogens with one attached hydrogen (secondary N) is 1. The van der Waals surface area contributed by atoms with Gasteiger partial charge in [-0.2, -0.15) is 0 Å². The molecule has 3 aromatic rings. The number of hydrogen-bond acceptors (Lipinski definition) is 6. The monoisotopic (exact) mass is 398 g/mol. The molecule has 2 aromatic carbocycles. The number of thiazole rings is 1. The minimum Gasteiger partial charge on any atom is -0.497 e. The van der Waals surface area contributed by atoms with Crippen molar-refractivity contribution >= 4 is 17.2 Å². The van der Waals surface area contributed by atoms with Crippen molar-refractivity contribution in [3.05, 3.63) is 59.1 Å². The van der Waals surface area contributed by atoms with Crippen molar-refractivity contribution in [2.24, 2.45) is 0 Å². The molecule has 0 aliphatic carbocycles. The topological polar surface area (TPSA) is 69.7 Å². The highest BCUT2D eigenvalue weighted by Crippen LogP contribution is 2.38. The normalized spacial score (nSPS) is 10.4. The summed E-state index contributed by atoms with van der Waals surface area (Å²) in [5, 5.41) is 5.36. The molecule has 7 heteroatoms. The van der Waals surface area contributed by atoms with E-state index in [4.69, 9.17) is 14.2 Å². The van der Waals surface area contributed by atoms with Gasteiger partial charge in [0.2, 0.25) is 0 Å². The van der Waals surface area contributed by atoms with E-state index in [1.54, 1.807) is 26.7 Å². The summed E-state index contributed by atoms with van der Waals surface area (Å²) in [5.41, 5.74) is 2.31. The van der Waals surface area contributed by atoms with Crippen molar-refractivity contribution in [1.29, 1.82) is 0 Å². The number of aromatic nitrogens is 1. The van der Waals surface area contributed by atoms with Crippen molar-refractivity contribution in [2.75, 3.05) is 27.9 Å². The van der Waals surface area contributed by atoms with E-state index in [0.29, 0.717) is 28.7 Å². The molecular formula is C21H22N2O4S. The molecule has 0 fully saturated rings. The maximum absolute atomic E-state index is 12.4. The van der Waals surface area contributed by atoms with E-state index in [9.17, 15) is 4.79 Å². The fourth-order valence-corrected chi connectivity index (χ4v) is 3.58. The fourth-order valence-electron chi connectivity index (χ4n) is 2.76. The Balaban J connectivity index is 1.64. The van der Waals surface area contributed by atoms with Gasteiger partial charge >= 0.3 is 0 Å². The maximum Gasteiger partial charge on any atom is 0.270 e. The average molecular weight is 398 g/mol. The third kappa shape index (κ3) is 4.43. The minimum absolute atomic E-state index is 0.196. The van der Waals surface area contributed by atoms with Gasteiger partial charge in [0.05, 0.1) is 26.9 Å². The van der Waals surface area contributed by atoms with Gasteiger partial charge < -0.3 is 19.5 Å². The molecule has 0 aliphatic heterocycles. The van der Waals surface area contributed by atoms with Crippen molar-refractivity contribution in [2.45, 2.75) is 6.42 Å². The standard InChI is InChI=1S/C21H22N2O4S/c1-25-15-9-7-14(8-10-15)11-12-22-20(24)17-13-28-21(23-17)16-5-4-6-18(26-2)19(16)27-3/h4-10,13H,11-12H2,1-3H3,(H,22,24). The number of carbonyl (C=O) groups excluding carboxylic acids is 1. The van der Waals surface area contributed by atoms with Crippen LogP contribution < -0.4 is 19.5 Å². The van der Waals surface area contributed by atoms with Crippen LogP contribution in [0.4, 0.5) is 0 Å². The van der Waals surface area contributed by atoms with Gasteiger partial charge in [0, 0.05) is 11.9 Å². The molecule has 1 N–H and O–H groups in total. The number of benzene rings is 2. The number of para-hydroxylation sites is 1. The Morgan fingerprint density at radius 3 is 2.50 bits per heavy atom. The van der Waals surface area contributed by atoms with Gasteiger partial charge in [0.1, 0.15) is 16.5 Å². The van der Waals surface area contributed by atoms with Crippen LogP contribution in [0.1, 0.15) is 16.1 Å². The molecule has 0 atom stereocenters. The Labute approximate surface area is 168 Å². The average Bonchev–Trinajstić information content (AvgIpc) is 3.23. The van der Waals surface area contributed by atoms with Crippen LogP contribution in [0.25, 0.3) is 10.6 Å². The van der Waals surface area contributed by atoms with Gasteiger partial charge in [0.15, 0.2) is 11.5 Å². The number of carbonyl (C=O) groups is 1. The molecule has 1 heterocycles. The highest BCUT2D eigenvalue weighted by atomic mass is 32.1. The summed E-state index contributed by atoms with van der Waals surface area (Å²) in [6.07, 6.45) is 0.733. The molecule has 0 saturated carbocycles. The van der Waals surface area contributed by atoms with Crippen LogP contribution in [0, 0.1) is 0 Å². The van der Waals surface area contributed by atoms with Gasteiger partial charge in [-0.25, -0.2) is 4.98 Å². The lowest BCUT2D eigenvalue weighted by Gasteiger charge is -2.10. The first-order chi connectivity index (χ1) is 13.7. The summed E-state index contributed by atoms with van der Waals surface area (Å²) < 4.78 is 15.9. The van der Waals surface area contributed by atoms with Crippen molar-refractivity contribution in [3.8, 4) is 27.8 Å². The molecule has 0 unspecified atom stereocenters. The summed E-state index contributed by atoms with van der Waals surface area (Å²) in [6.45, 7) is 0.528. The van der Waals surface area contributed by atoms with E-state index in [1.165, 1.54) is 11.3 Å². The molecule has 0 radical (unpaired) electrons. The minimum atomic E-state index is -0.196. The molecule has 28 heavy (non-hydrogen) atoms. The number of rotatable bonds is 8. The lowest BCUT2D eigenvalue weighted by molar-refractivity contribution is 0.0950.